The number of H-pyrrole nitrogens is 1. The van der Waals surface area contributed by atoms with Gasteiger partial charge < -0.3 is 10.3 Å². The Hall–Kier alpha value is -2.12. The van der Waals surface area contributed by atoms with Gasteiger partial charge in [0, 0.05) is 12.4 Å². The Morgan fingerprint density at radius 2 is 2.11 bits per heavy atom. The molecule has 102 valence electrons. The van der Waals surface area contributed by atoms with Gasteiger partial charge in [0.1, 0.15) is 11.6 Å². The van der Waals surface area contributed by atoms with E-state index in [9.17, 15) is 13.2 Å². The van der Waals surface area contributed by atoms with Gasteiger partial charge in [0.2, 0.25) is 0 Å². The van der Waals surface area contributed by atoms with E-state index in [4.69, 9.17) is 0 Å². The first-order valence-corrected chi connectivity index (χ1v) is 5.67. The van der Waals surface area contributed by atoms with Gasteiger partial charge in [-0.2, -0.15) is 13.2 Å². The second kappa shape index (κ2) is 5.25. The monoisotopic (exact) mass is 271 g/mol. The Labute approximate surface area is 107 Å². The summed E-state index contributed by atoms with van der Waals surface area (Å²) in [5.74, 6) is 0.973. The largest absolute Gasteiger partial charge is 0.435 e. The number of halogens is 3. The third-order valence-electron chi connectivity index (χ3n) is 2.53. The topological polar surface area (TPSA) is 66.5 Å². The Kier molecular flexibility index (Phi) is 3.68. The summed E-state index contributed by atoms with van der Waals surface area (Å²) in [4.78, 5) is 7.04. The third kappa shape index (κ3) is 3.21. The van der Waals surface area contributed by atoms with E-state index < -0.39 is 11.9 Å². The van der Waals surface area contributed by atoms with Gasteiger partial charge in [0.25, 0.3) is 0 Å². The summed E-state index contributed by atoms with van der Waals surface area (Å²) in [6.07, 6.45) is -0.483. The highest BCUT2D eigenvalue weighted by Crippen LogP contribution is 2.27. The van der Waals surface area contributed by atoms with Gasteiger partial charge in [-0.25, -0.2) is 4.98 Å². The molecule has 0 bridgehead atoms. The molecule has 2 rings (SSSR count). The molecule has 1 unspecified atom stereocenters. The number of nitrogens with zero attached hydrogens (tertiary/aromatic N) is 3. The van der Waals surface area contributed by atoms with Crippen molar-refractivity contribution >= 4 is 5.82 Å². The Morgan fingerprint density at radius 3 is 2.58 bits per heavy atom. The van der Waals surface area contributed by atoms with Crippen molar-refractivity contribution in [2.75, 3.05) is 5.32 Å². The molecule has 2 N–H and O–H groups in total. The van der Waals surface area contributed by atoms with E-state index in [0.29, 0.717) is 12.2 Å². The molecule has 0 saturated heterocycles. The SMILES string of the molecule is CCC(Nc1ccc(C(F)(F)F)nn1)c1ncc[nH]1. The van der Waals surface area contributed by atoms with Gasteiger partial charge in [-0.1, -0.05) is 6.92 Å². The van der Waals surface area contributed by atoms with Crippen molar-refractivity contribution in [1.82, 2.24) is 20.2 Å². The van der Waals surface area contributed by atoms with Gasteiger partial charge in [-0.05, 0) is 18.6 Å². The maximum absolute atomic E-state index is 12.3. The van der Waals surface area contributed by atoms with Crippen molar-refractivity contribution < 1.29 is 13.2 Å². The quantitative estimate of drug-likeness (QED) is 0.897. The average Bonchev–Trinajstić information content (AvgIpc) is 2.89. The third-order valence-corrected chi connectivity index (χ3v) is 2.53. The molecule has 1 atom stereocenters. The lowest BCUT2D eigenvalue weighted by molar-refractivity contribution is -0.141. The lowest BCUT2D eigenvalue weighted by atomic mass is 10.2. The van der Waals surface area contributed by atoms with E-state index in [0.717, 1.165) is 6.07 Å². The summed E-state index contributed by atoms with van der Waals surface area (Å²) in [5, 5.41) is 9.65. The molecule has 0 radical (unpaired) electrons. The highest BCUT2D eigenvalue weighted by molar-refractivity contribution is 5.35. The van der Waals surface area contributed by atoms with E-state index in [2.05, 4.69) is 25.5 Å². The molecule has 8 heteroatoms. The van der Waals surface area contributed by atoms with Crippen LogP contribution in [0.2, 0.25) is 0 Å². The second-order valence-corrected chi connectivity index (χ2v) is 3.88. The number of alkyl halides is 3. The molecule has 5 nitrogen and oxygen atoms in total. The van der Waals surface area contributed by atoms with Gasteiger partial charge in [-0.3, -0.25) is 0 Å². The zero-order chi connectivity index (χ0) is 13.9. The highest BCUT2D eigenvalue weighted by Gasteiger charge is 2.32. The van der Waals surface area contributed by atoms with E-state index >= 15 is 0 Å². The number of aromatic nitrogens is 4. The summed E-state index contributed by atoms with van der Waals surface area (Å²) >= 11 is 0. The van der Waals surface area contributed by atoms with Crippen LogP contribution in [0.4, 0.5) is 19.0 Å². The molecule has 0 aliphatic heterocycles. The first-order chi connectivity index (χ1) is 9.00. The summed E-state index contributed by atoms with van der Waals surface area (Å²) < 4.78 is 37.0. The first kappa shape index (κ1) is 13.3. The minimum atomic E-state index is -4.48. The van der Waals surface area contributed by atoms with Crippen molar-refractivity contribution in [3.05, 3.63) is 36.0 Å². The van der Waals surface area contributed by atoms with Gasteiger partial charge >= 0.3 is 6.18 Å². The van der Waals surface area contributed by atoms with Crippen LogP contribution in [0.1, 0.15) is 30.9 Å². The van der Waals surface area contributed by atoms with Crippen LogP contribution in [-0.2, 0) is 6.18 Å². The summed E-state index contributed by atoms with van der Waals surface area (Å²) in [6, 6.07) is 1.99. The van der Waals surface area contributed by atoms with Crippen LogP contribution < -0.4 is 5.32 Å². The Morgan fingerprint density at radius 1 is 1.32 bits per heavy atom. The highest BCUT2D eigenvalue weighted by atomic mass is 19.4. The molecular formula is C11H12F3N5. The fourth-order valence-corrected chi connectivity index (χ4v) is 1.57. The molecule has 0 amide bonds. The lowest BCUT2D eigenvalue weighted by Gasteiger charge is -2.15. The predicted molar refractivity (Wildman–Crippen MR) is 62.3 cm³/mol. The fourth-order valence-electron chi connectivity index (χ4n) is 1.57. The van der Waals surface area contributed by atoms with Crippen LogP contribution in [0.5, 0.6) is 0 Å². The molecule has 2 heterocycles. The van der Waals surface area contributed by atoms with Gasteiger partial charge in [0.05, 0.1) is 6.04 Å². The molecule has 0 saturated carbocycles. The van der Waals surface area contributed by atoms with Gasteiger partial charge in [0.15, 0.2) is 5.69 Å². The van der Waals surface area contributed by atoms with E-state index in [1.165, 1.54) is 6.07 Å². The summed E-state index contributed by atoms with van der Waals surface area (Å²) in [5.41, 5.74) is -1.01. The van der Waals surface area contributed by atoms with Crippen molar-refractivity contribution in [1.29, 1.82) is 0 Å². The standard InChI is InChI=1S/C11H12F3N5/c1-2-7(10-15-5-6-16-10)17-9-4-3-8(18-19-9)11(12,13)14/h3-7H,2H2,1H3,(H,15,16)(H,17,19). The number of aromatic amines is 1. The van der Waals surface area contributed by atoms with Crippen molar-refractivity contribution in [2.45, 2.75) is 25.6 Å². The van der Waals surface area contributed by atoms with E-state index in [1.54, 1.807) is 12.4 Å². The van der Waals surface area contributed by atoms with Crippen LogP contribution >= 0.6 is 0 Å². The maximum Gasteiger partial charge on any atom is 0.435 e. The van der Waals surface area contributed by atoms with E-state index in [-0.39, 0.29) is 11.9 Å². The zero-order valence-corrected chi connectivity index (χ0v) is 10.1. The molecule has 2 aromatic heterocycles. The number of nitrogens with one attached hydrogen (secondary N) is 2. The molecule has 19 heavy (non-hydrogen) atoms. The number of hydrogen-bond acceptors (Lipinski definition) is 4. The molecule has 0 fully saturated rings. The van der Waals surface area contributed by atoms with Crippen molar-refractivity contribution in [2.24, 2.45) is 0 Å². The van der Waals surface area contributed by atoms with Crippen LogP contribution in [0, 0.1) is 0 Å². The minimum absolute atomic E-state index is 0.152. The lowest BCUT2D eigenvalue weighted by Crippen LogP contribution is -2.14. The van der Waals surface area contributed by atoms with Gasteiger partial charge in [-0.15, -0.1) is 10.2 Å². The smallest absolute Gasteiger partial charge is 0.359 e. The molecular weight excluding hydrogens is 259 g/mol. The number of imidazole rings is 1. The average molecular weight is 271 g/mol. The minimum Gasteiger partial charge on any atom is -0.359 e. The maximum atomic E-state index is 12.3. The normalized spacial score (nSPS) is 13.3. The van der Waals surface area contributed by atoms with E-state index in [1.807, 2.05) is 6.92 Å². The molecule has 0 aliphatic rings. The van der Waals surface area contributed by atoms with Crippen molar-refractivity contribution in [3.63, 3.8) is 0 Å². The summed E-state index contributed by atoms with van der Waals surface area (Å²) in [6.45, 7) is 1.93. The Balaban J connectivity index is 2.11. The molecule has 0 spiro atoms. The molecule has 0 aromatic carbocycles. The second-order valence-electron chi connectivity index (χ2n) is 3.88. The van der Waals surface area contributed by atoms with Crippen LogP contribution in [-0.4, -0.2) is 20.2 Å². The predicted octanol–water partition coefficient (Wildman–Crippen LogP) is 2.78. The van der Waals surface area contributed by atoms with Crippen LogP contribution in [0.15, 0.2) is 24.5 Å². The van der Waals surface area contributed by atoms with Crippen molar-refractivity contribution in [3.8, 4) is 0 Å². The number of rotatable bonds is 4. The number of hydrogen-bond donors (Lipinski definition) is 2. The van der Waals surface area contributed by atoms with Crippen LogP contribution in [0.3, 0.4) is 0 Å². The Bertz CT molecular complexity index is 506. The first-order valence-electron chi connectivity index (χ1n) is 5.67. The molecule has 2 aromatic rings. The number of anilines is 1. The summed E-state index contributed by atoms with van der Waals surface area (Å²) in [7, 11) is 0. The zero-order valence-electron chi connectivity index (χ0n) is 10.1. The van der Waals surface area contributed by atoms with Crippen LogP contribution in [0.25, 0.3) is 0 Å². The molecule has 0 aliphatic carbocycles. The fraction of sp³-hybridized carbons (Fsp3) is 0.364.